The van der Waals surface area contributed by atoms with Gasteiger partial charge >= 0.3 is 0 Å². The second-order valence-electron chi connectivity index (χ2n) is 5.64. The van der Waals surface area contributed by atoms with Crippen LogP contribution >= 0.6 is 0 Å². The largest absolute Gasteiger partial charge is 0.454 e. The number of fused-ring (bicyclic) bond motifs is 1. The standard InChI is InChI=1S/C17H17NO5S/c1-11(2)24(20,21)14-6-3-12(4-7-14)17(19)18-13-5-8-15-16(9-13)23-10-22-15/h3-9,11H,10H2,1-2H3,(H,18,19). The van der Waals surface area contributed by atoms with Crippen molar-refractivity contribution in [2.24, 2.45) is 0 Å². The third-order valence-electron chi connectivity index (χ3n) is 3.70. The summed E-state index contributed by atoms with van der Waals surface area (Å²) in [5.41, 5.74) is 0.943. The molecule has 0 aliphatic carbocycles. The van der Waals surface area contributed by atoms with Crippen molar-refractivity contribution >= 4 is 21.4 Å². The fourth-order valence-electron chi connectivity index (χ4n) is 2.25. The van der Waals surface area contributed by atoms with E-state index in [1.165, 1.54) is 24.3 Å². The number of anilines is 1. The van der Waals surface area contributed by atoms with Crippen LogP contribution in [0.5, 0.6) is 11.5 Å². The van der Waals surface area contributed by atoms with E-state index in [1.54, 1.807) is 32.0 Å². The highest BCUT2D eigenvalue weighted by molar-refractivity contribution is 7.92. The van der Waals surface area contributed by atoms with Crippen LogP contribution in [-0.4, -0.2) is 26.4 Å². The molecule has 1 heterocycles. The first-order valence-electron chi connectivity index (χ1n) is 7.43. The molecule has 1 aliphatic rings. The molecular weight excluding hydrogens is 330 g/mol. The molecule has 0 saturated heterocycles. The van der Waals surface area contributed by atoms with Crippen molar-refractivity contribution in [3.63, 3.8) is 0 Å². The molecule has 2 aromatic rings. The Kier molecular flexibility index (Phi) is 4.19. The van der Waals surface area contributed by atoms with Gasteiger partial charge in [-0.25, -0.2) is 8.42 Å². The van der Waals surface area contributed by atoms with E-state index >= 15 is 0 Å². The lowest BCUT2D eigenvalue weighted by Gasteiger charge is -2.09. The molecule has 1 amide bonds. The second kappa shape index (κ2) is 6.16. The molecule has 0 radical (unpaired) electrons. The Hall–Kier alpha value is -2.54. The lowest BCUT2D eigenvalue weighted by atomic mass is 10.2. The van der Waals surface area contributed by atoms with Gasteiger partial charge in [-0.1, -0.05) is 0 Å². The predicted octanol–water partition coefficient (Wildman–Crippen LogP) is 2.85. The zero-order chi connectivity index (χ0) is 17.3. The third kappa shape index (κ3) is 3.07. The molecule has 0 atom stereocenters. The summed E-state index contributed by atoms with van der Waals surface area (Å²) in [4.78, 5) is 12.5. The summed E-state index contributed by atoms with van der Waals surface area (Å²) in [5, 5.41) is 2.24. The molecule has 0 spiro atoms. The van der Waals surface area contributed by atoms with E-state index < -0.39 is 15.1 Å². The van der Waals surface area contributed by atoms with Crippen LogP contribution in [0.2, 0.25) is 0 Å². The van der Waals surface area contributed by atoms with Crippen LogP contribution in [0.15, 0.2) is 47.4 Å². The number of sulfone groups is 1. The highest BCUT2D eigenvalue weighted by atomic mass is 32.2. The number of carbonyl (C=O) groups is 1. The minimum atomic E-state index is -3.35. The van der Waals surface area contributed by atoms with Crippen molar-refractivity contribution in [1.82, 2.24) is 0 Å². The van der Waals surface area contributed by atoms with Gasteiger partial charge in [0.15, 0.2) is 21.3 Å². The van der Waals surface area contributed by atoms with Gasteiger partial charge in [-0.05, 0) is 50.2 Å². The van der Waals surface area contributed by atoms with Crippen LogP contribution < -0.4 is 14.8 Å². The van der Waals surface area contributed by atoms with Crippen LogP contribution in [0, 0.1) is 0 Å². The molecule has 0 bridgehead atoms. The summed E-state index contributed by atoms with van der Waals surface area (Å²) >= 11 is 0. The van der Waals surface area contributed by atoms with Crippen molar-refractivity contribution < 1.29 is 22.7 Å². The molecular formula is C17H17NO5S. The number of rotatable bonds is 4. The van der Waals surface area contributed by atoms with E-state index in [4.69, 9.17) is 9.47 Å². The predicted molar refractivity (Wildman–Crippen MR) is 89.3 cm³/mol. The number of hydrogen-bond donors (Lipinski definition) is 1. The third-order valence-corrected chi connectivity index (χ3v) is 5.87. The minimum Gasteiger partial charge on any atom is -0.454 e. The molecule has 0 saturated carbocycles. The zero-order valence-corrected chi connectivity index (χ0v) is 14.1. The maximum Gasteiger partial charge on any atom is 0.255 e. The SMILES string of the molecule is CC(C)S(=O)(=O)c1ccc(C(=O)Nc2ccc3c(c2)OCO3)cc1. The number of amides is 1. The molecule has 24 heavy (non-hydrogen) atoms. The van der Waals surface area contributed by atoms with Gasteiger partial charge in [-0.15, -0.1) is 0 Å². The van der Waals surface area contributed by atoms with Crippen LogP contribution in [-0.2, 0) is 9.84 Å². The topological polar surface area (TPSA) is 81.7 Å². The Morgan fingerprint density at radius 2 is 1.71 bits per heavy atom. The number of carbonyl (C=O) groups excluding carboxylic acids is 1. The van der Waals surface area contributed by atoms with Gasteiger partial charge < -0.3 is 14.8 Å². The fraction of sp³-hybridized carbons (Fsp3) is 0.235. The molecule has 0 unspecified atom stereocenters. The monoisotopic (exact) mass is 347 g/mol. The van der Waals surface area contributed by atoms with Gasteiger partial charge in [-0.2, -0.15) is 0 Å². The Bertz CT molecular complexity index is 872. The van der Waals surface area contributed by atoms with Crippen molar-refractivity contribution in [3.05, 3.63) is 48.0 Å². The Morgan fingerprint density at radius 1 is 1.04 bits per heavy atom. The van der Waals surface area contributed by atoms with Crippen LogP contribution in [0.4, 0.5) is 5.69 Å². The Labute approximate surface area is 140 Å². The highest BCUT2D eigenvalue weighted by Gasteiger charge is 2.19. The summed E-state index contributed by atoms with van der Waals surface area (Å²) in [6.45, 7) is 3.41. The first-order valence-corrected chi connectivity index (χ1v) is 8.97. The van der Waals surface area contributed by atoms with Gasteiger partial charge in [0, 0.05) is 17.3 Å². The van der Waals surface area contributed by atoms with Crippen molar-refractivity contribution in [2.75, 3.05) is 12.1 Å². The summed E-state index contributed by atoms with van der Waals surface area (Å²) in [5.74, 6) is 0.879. The number of ether oxygens (including phenoxy) is 2. The van der Waals surface area contributed by atoms with E-state index in [1.807, 2.05) is 0 Å². The molecule has 3 rings (SSSR count). The van der Waals surface area contributed by atoms with Gasteiger partial charge in [0.2, 0.25) is 6.79 Å². The molecule has 0 aromatic heterocycles. The van der Waals surface area contributed by atoms with Crippen molar-refractivity contribution in [1.29, 1.82) is 0 Å². The lowest BCUT2D eigenvalue weighted by molar-refractivity contribution is 0.102. The molecule has 2 aromatic carbocycles. The van der Waals surface area contributed by atoms with Crippen LogP contribution in [0.1, 0.15) is 24.2 Å². The summed E-state index contributed by atoms with van der Waals surface area (Å²) < 4.78 is 34.6. The van der Waals surface area contributed by atoms with E-state index in [0.717, 1.165) is 0 Å². The molecule has 0 fully saturated rings. The number of nitrogens with one attached hydrogen (secondary N) is 1. The van der Waals surface area contributed by atoms with Crippen molar-refractivity contribution in [2.45, 2.75) is 24.0 Å². The summed E-state index contributed by atoms with van der Waals surface area (Å²) in [7, 11) is -3.35. The molecule has 6 nitrogen and oxygen atoms in total. The first-order chi connectivity index (χ1) is 11.4. The van der Waals surface area contributed by atoms with Crippen LogP contribution in [0.25, 0.3) is 0 Å². The maximum absolute atomic E-state index is 12.3. The zero-order valence-electron chi connectivity index (χ0n) is 13.3. The number of benzene rings is 2. The molecule has 1 N–H and O–H groups in total. The first kappa shape index (κ1) is 16.3. The van der Waals surface area contributed by atoms with E-state index in [-0.39, 0.29) is 17.6 Å². The Morgan fingerprint density at radius 3 is 2.38 bits per heavy atom. The van der Waals surface area contributed by atoms with Crippen molar-refractivity contribution in [3.8, 4) is 11.5 Å². The smallest absolute Gasteiger partial charge is 0.255 e. The van der Waals surface area contributed by atoms with Gasteiger partial charge in [0.25, 0.3) is 5.91 Å². The molecule has 1 aliphatic heterocycles. The van der Waals surface area contributed by atoms with E-state index in [0.29, 0.717) is 22.7 Å². The summed E-state index contributed by atoms with van der Waals surface area (Å²) in [6, 6.07) is 11.0. The highest BCUT2D eigenvalue weighted by Crippen LogP contribution is 2.34. The Balaban J connectivity index is 1.76. The lowest BCUT2D eigenvalue weighted by Crippen LogP contribution is -2.15. The van der Waals surface area contributed by atoms with E-state index in [2.05, 4.69) is 5.32 Å². The number of hydrogen-bond acceptors (Lipinski definition) is 5. The van der Waals surface area contributed by atoms with E-state index in [9.17, 15) is 13.2 Å². The second-order valence-corrected chi connectivity index (χ2v) is 8.14. The fourth-order valence-corrected chi connectivity index (χ4v) is 3.31. The maximum atomic E-state index is 12.3. The minimum absolute atomic E-state index is 0.165. The van der Waals surface area contributed by atoms with Gasteiger partial charge in [0.05, 0.1) is 10.1 Å². The average Bonchev–Trinajstić information content (AvgIpc) is 3.02. The molecule has 126 valence electrons. The molecule has 7 heteroatoms. The normalized spacial score (nSPS) is 13.1. The van der Waals surface area contributed by atoms with Crippen LogP contribution in [0.3, 0.4) is 0 Å². The van der Waals surface area contributed by atoms with Gasteiger partial charge in [0.1, 0.15) is 0 Å². The quantitative estimate of drug-likeness (QED) is 0.920. The summed E-state index contributed by atoms with van der Waals surface area (Å²) in [6.07, 6.45) is 0. The van der Waals surface area contributed by atoms with Gasteiger partial charge in [-0.3, -0.25) is 4.79 Å². The average molecular weight is 347 g/mol.